The largest absolute Gasteiger partial charge is 0.477 e. The molecule has 0 bridgehead atoms. The first-order valence-corrected chi connectivity index (χ1v) is 18.0. The van der Waals surface area contributed by atoms with Crippen molar-refractivity contribution in [2.24, 2.45) is 11.8 Å². The molecule has 9 N–H and O–H groups in total. The summed E-state index contributed by atoms with van der Waals surface area (Å²) in [6, 6.07) is 1.70. The predicted octanol–water partition coefficient (Wildman–Crippen LogP) is -0.225. The van der Waals surface area contributed by atoms with E-state index in [0.717, 1.165) is 5.56 Å². The van der Waals surface area contributed by atoms with Gasteiger partial charge >= 0.3 is 5.97 Å². The molecule has 0 spiro atoms. The van der Waals surface area contributed by atoms with Gasteiger partial charge in [-0.1, -0.05) is 71.0 Å². The predicted molar refractivity (Wildman–Crippen MR) is 199 cm³/mol. The number of carbonyl (C=O) groups is 8. The molecule has 17 heteroatoms. The van der Waals surface area contributed by atoms with Crippen LogP contribution in [-0.2, 0) is 44.8 Å². The lowest BCUT2D eigenvalue weighted by Gasteiger charge is -2.28. The Labute approximate surface area is 316 Å². The first-order chi connectivity index (χ1) is 25.2. The van der Waals surface area contributed by atoms with Crippen molar-refractivity contribution in [1.29, 1.82) is 0 Å². The van der Waals surface area contributed by atoms with Crippen molar-refractivity contribution in [3.63, 3.8) is 0 Å². The van der Waals surface area contributed by atoms with Crippen molar-refractivity contribution >= 4 is 47.3 Å². The molecule has 0 aliphatic carbocycles. The Bertz CT molecular complexity index is 1510. The van der Waals surface area contributed by atoms with Gasteiger partial charge < -0.3 is 47.4 Å². The van der Waals surface area contributed by atoms with E-state index in [1.165, 1.54) is 33.8 Å². The third-order valence-corrected chi connectivity index (χ3v) is 8.19. The third kappa shape index (κ3) is 15.7. The van der Waals surface area contributed by atoms with Gasteiger partial charge in [-0.15, -0.1) is 0 Å². The smallest absolute Gasteiger partial charge is 0.352 e. The molecule has 0 aliphatic heterocycles. The number of carboxylic acid groups (broad SMARTS) is 1. The van der Waals surface area contributed by atoms with Gasteiger partial charge in [0.1, 0.15) is 41.9 Å². The Kier molecular flexibility index (Phi) is 19.6. The number of aliphatic carboxylic acids is 1. The van der Waals surface area contributed by atoms with Crippen LogP contribution in [0, 0.1) is 11.8 Å². The quantitative estimate of drug-likeness (QED) is 0.0744. The molecular formula is C37H57N7O10. The van der Waals surface area contributed by atoms with Gasteiger partial charge in [0, 0.05) is 12.8 Å². The van der Waals surface area contributed by atoms with Gasteiger partial charge in [0.25, 0.3) is 0 Å². The fourth-order valence-corrected chi connectivity index (χ4v) is 5.03. The van der Waals surface area contributed by atoms with Crippen molar-refractivity contribution < 1.29 is 48.6 Å². The molecule has 17 nitrogen and oxygen atoms in total. The number of hydrogen-bond donors (Lipinski definition) is 9. The topological polar surface area (TPSA) is 261 Å². The minimum Gasteiger partial charge on any atom is -0.477 e. The minimum absolute atomic E-state index is 0.0647. The minimum atomic E-state index is -1.58. The first-order valence-electron chi connectivity index (χ1n) is 18.0. The highest BCUT2D eigenvalue weighted by atomic mass is 16.4. The third-order valence-electron chi connectivity index (χ3n) is 8.19. The number of carboxylic acids is 1. The zero-order valence-electron chi connectivity index (χ0n) is 32.4. The molecule has 0 saturated heterocycles. The van der Waals surface area contributed by atoms with Gasteiger partial charge in [-0.05, 0) is 51.5 Å². The maximum atomic E-state index is 13.5. The Morgan fingerprint density at radius 3 is 1.67 bits per heavy atom. The SMILES string of the molecule is C/C=C(\NC(=O)[C@H](C)NC(=O)[C@@H](NC(=O)[C@H](NC(=O)[C@H](C)NC(=O)[C@@H](CC(C)C)NC(=O)[C@@H](Cc1ccccc1)NC(=O)CC)[C@@H](C)O)C(C)C)C(=O)O. The summed E-state index contributed by atoms with van der Waals surface area (Å²) in [5.41, 5.74) is 0.403. The highest BCUT2D eigenvalue weighted by Crippen LogP contribution is 2.10. The fraction of sp³-hybridized carbons (Fsp3) is 0.568. The second-order valence-corrected chi connectivity index (χ2v) is 13.8. The molecule has 0 saturated carbocycles. The summed E-state index contributed by atoms with van der Waals surface area (Å²) in [5, 5.41) is 37.0. The molecule has 54 heavy (non-hydrogen) atoms. The standard InChI is InChI=1S/C37H57N7O10/c1-10-25(37(53)54)41-31(47)21(7)39-35(51)29(20(5)6)43-36(52)30(23(9)45)44-32(48)22(8)38-33(49)26(17-19(3)4)42-34(50)27(40-28(46)11-2)18-24-15-13-12-14-16-24/h10,12-16,19-23,26-27,29-30,45H,11,17-18H2,1-9H3,(H,38,49)(H,39,51)(H,40,46)(H,41,47)(H,42,50)(H,43,52)(H,44,48)(H,53,54)/b25-10-/t21-,22-,23+,26+,27+,29-,30+/m0/s1. The fourth-order valence-electron chi connectivity index (χ4n) is 5.03. The molecule has 0 radical (unpaired) electrons. The molecule has 7 amide bonds. The van der Waals surface area contributed by atoms with Crippen LogP contribution in [0.2, 0.25) is 0 Å². The summed E-state index contributed by atoms with van der Waals surface area (Å²) in [6.07, 6.45) is 0.224. The molecule has 0 fully saturated rings. The molecule has 1 rings (SSSR count). The van der Waals surface area contributed by atoms with Crippen LogP contribution in [-0.4, -0.2) is 99.9 Å². The van der Waals surface area contributed by atoms with E-state index >= 15 is 0 Å². The Balaban J connectivity index is 3.04. The van der Waals surface area contributed by atoms with Crippen LogP contribution < -0.4 is 37.2 Å². The highest BCUT2D eigenvalue weighted by molar-refractivity contribution is 5.98. The van der Waals surface area contributed by atoms with Crippen LogP contribution in [0.1, 0.15) is 80.7 Å². The number of carbonyl (C=O) groups excluding carboxylic acids is 7. The van der Waals surface area contributed by atoms with E-state index in [-0.39, 0.29) is 36.8 Å². The Morgan fingerprint density at radius 1 is 0.648 bits per heavy atom. The maximum absolute atomic E-state index is 13.5. The van der Waals surface area contributed by atoms with Crippen LogP contribution in [0.5, 0.6) is 0 Å². The molecular weight excluding hydrogens is 702 g/mol. The van der Waals surface area contributed by atoms with Crippen LogP contribution in [0.4, 0.5) is 0 Å². The molecule has 1 aromatic rings. The van der Waals surface area contributed by atoms with Gasteiger partial charge in [-0.3, -0.25) is 33.6 Å². The number of nitrogens with one attached hydrogen (secondary N) is 7. The van der Waals surface area contributed by atoms with E-state index in [4.69, 9.17) is 5.11 Å². The zero-order valence-corrected chi connectivity index (χ0v) is 32.4. The molecule has 1 aromatic carbocycles. The number of allylic oxidation sites excluding steroid dienone is 1. The van der Waals surface area contributed by atoms with Crippen LogP contribution >= 0.6 is 0 Å². The monoisotopic (exact) mass is 759 g/mol. The number of aliphatic hydroxyl groups excluding tert-OH is 1. The Hall–Kier alpha value is -5.32. The normalized spacial score (nSPS) is 15.3. The van der Waals surface area contributed by atoms with E-state index in [1.807, 2.05) is 32.0 Å². The van der Waals surface area contributed by atoms with Crippen LogP contribution in [0.25, 0.3) is 0 Å². The molecule has 0 aromatic heterocycles. The van der Waals surface area contributed by atoms with Crippen molar-refractivity contribution in [2.75, 3.05) is 0 Å². The van der Waals surface area contributed by atoms with Gasteiger partial charge in [-0.2, -0.15) is 0 Å². The average molecular weight is 760 g/mol. The summed E-state index contributed by atoms with van der Waals surface area (Å²) in [5.74, 6) is -7.01. The lowest BCUT2D eigenvalue weighted by Crippen LogP contribution is -2.61. The molecule has 300 valence electrons. The van der Waals surface area contributed by atoms with E-state index < -0.39 is 89.7 Å². The number of amides is 7. The van der Waals surface area contributed by atoms with Gasteiger partial charge in [-0.25, -0.2) is 4.79 Å². The van der Waals surface area contributed by atoms with E-state index in [2.05, 4.69) is 37.2 Å². The molecule has 0 aliphatic rings. The summed E-state index contributed by atoms with van der Waals surface area (Å²) < 4.78 is 0. The highest BCUT2D eigenvalue weighted by Gasteiger charge is 2.34. The molecule has 0 heterocycles. The summed E-state index contributed by atoms with van der Waals surface area (Å²) in [4.78, 5) is 102. The lowest BCUT2D eigenvalue weighted by atomic mass is 10.0. The number of hydrogen-bond acceptors (Lipinski definition) is 9. The molecule has 7 atom stereocenters. The Morgan fingerprint density at radius 2 is 1.17 bits per heavy atom. The van der Waals surface area contributed by atoms with Gasteiger partial charge in [0.2, 0.25) is 41.4 Å². The summed E-state index contributed by atoms with van der Waals surface area (Å²) in [6.45, 7) is 13.9. The first kappa shape index (κ1) is 46.7. The average Bonchev–Trinajstić information content (AvgIpc) is 3.10. The second-order valence-electron chi connectivity index (χ2n) is 13.8. The van der Waals surface area contributed by atoms with Gasteiger partial charge in [0.15, 0.2) is 0 Å². The van der Waals surface area contributed by atoms with E-state index in [1.54, 1.807) is 32.9 Å². The van der Waals surface area contributed by atoms with Crippen molar-refractivity contribution in [3.8, 4) is 0 Å². The molecule has 0 unspecified atom stereocenters. The van der Waals surface area contributed by atoms with Crippen LogP contribution in [0.15, 0.2) is 42.1 Å². The lowest BCUT2D eigenvalue weighted by molar-refractivity contribution is -0.137. The van der Waals surface area contributed by atoms with Crippen LogP contribution in [0.3, 0.4) is 0 Å². The summed E-state index contributed by atoms with van der Waals surface area (Å²) >= 11 is 0. The summed E-state index contributed by atoms with van der Waals surface area (Å²) in [7, 11) is 0. The number of rotatable bonds is 21. The number of benzene rings is 1. The maximum Gasteiger partial charge on any atom is 0.352 e. The van der Waals surface area contributed by atoms with Crippen molar-refractivity contribution in [2.45, 2.75) is 124 Å². The van der Waals surface area contributed by atoms with Crippen molar-refractivity contribution in [1.82, 2.24) is 37.2 Å². The van der Waals surface area contributed by atoms with E-state index in [0.29, 0.717) is 0 Å². The zero-order chi connectivity index (χ0) is 41.3. The van der Waals surface area contributed by atoms with E-state index in [9.17, 15) is 43.5 Å². The number of aliphatic hydroxyl groups is 1. The van der Waals surface area contributed by atoms with Gasteiger partial charge in [0.05, 0.1) is 6.10 Å². The second kappa shape index (κ2) is 22.7. The van der Waals surface area contributed by atoms with Crippen molar-refractivity contribution in [3.05, 3.63) is 47.7 Å².